The summed E-state index contributed by atoms with van der Waals surface area (Å²) in [6.45, 7) is 4.92. The highest BCUT2D eigenvalue weighted by atomic mass is 28.3. The van der Waals surface area contributed by atoms with Gasteiger partial charge in [0.15, 0.2) is 16.1 Å². The lowest BCUT2D eigenvalue weighted by Gasteiger charge is -2.36. The average Bonchev–Trinajstić information content (AvgIpc) is 3.56. The van der Waals surface area contributed by atoms with Crippen molar-refractivity contribution in [3.8, 4) is 11.1 Å². The molecule has 0 amide bonds. The molecular weight excluding hydrogens is 765 g/mol. The topological polar surface area (TPSA) is 0 Å². The highest BCUT2D eigenvalue weighted by Gasteiger charge is 2.47. The van der Waals surface area contributed by atoms with Crippen LogP contribution in [0.15, 0.2) is 243 Å². The molecule has 0 saturated carbocycles. The van der Waals surface area contributed by atoms with Crippen molar-refractivity contribution in [2.75, 3.05) is 0 Å². The van der Waals surface area contributed by atoms with Crippen molar-refractivity contribution in [2.24, 2.45) is 0 Å². The molecule has 0 spiro atoms. The Labute approximate surface area is 361 Å². The van der Waals surface area contributed by atoms with E-state index in [4.69, 9.17) is 0 Å². The SMILES string of the molecule is CC1(C)c2cc([Si](c3ccccc3)(c3ccccc3)c3cccc4ccccc34)ccc2-c2ccc([Si](c3ccccc3)(c3ccccc3)c3cccc4ccccc34)cc21. The van der Waals surface area contributed by atoms with Crippen LogP contribution in [0, 0.1) is 0 Å². The first-order chi connectivity index (χ1) is 30.0. The maximum Gasteiger partial charge on any atom is 0.180 e. The molecule has 10 aromatic rings. The van der Waals surface area contributed by atoms with Crippen LogP contribution in [0.4, 0.5) is 0 Å². The predicted octanol–water partition coefficient (Wildman–Crippen LogP) is 9.05. The van der Waals surface area contributed by atoms with Crippen molar-refractivity contribution < 1.29 is 0 Å². The zero-order chi connectivity index (χ0) is 41.0. The molecule has 0 N–H and O–H groups in total. The predicted molar refractivity (Wildman–Crippen MR) is 266 cm³/mol. The van der Waals surface area contributed by atoms with E-state index in [1.165, 1.54) is 85.3 Å². The fraction of sp³-hybridized carbons (Fsp3) is 0.0508. The second kappa shape index (κ2) is 14.7. The maximum atomic E-state index is 2.62. The van der Waals surface area contributed by atoms with Crippen molar-refractivity contribution >= 4 is 79.2 Å². The Bertz CT molecular complexity index is 2900. The molecule has 0 atom stereocenters. The van der Waals surface area contributed by atoms with Crippen LogP contribution in [0.25, 0.3) is 32.7 Å². The minimum Gasteiger partial charge on any atom is -0.0623 e. The van der Waals surface area contributed by atoms with Crippen molar-refractivity contribution in [2.45, 2.75) is 19.3 Å². The van der Waals surface area contributed by atoms with Crippen LogP contribution in [0.2, 0.25) is 0 Å². The van der Waals surface area contributed by atoms with Gasteiger partial charge in [0.05, 0.1) is 0 Å². The summed E-state index contributed by atoms with van der Waals surface area (Å²) >= 11 is 0. The number of benzene rings is 10. The minimum absolute atomic E-state index is 0.255. The van der Waals surface area contributed by atoms with Gasteiger partial charge < -0.3 is 0 Å². The molecule has 10 aromatic carbocycles. The molecule has 0 fully saturated rings. The summed E-state index contributed by atoms with van der Waals surface area (Å²) < 4.78 is 0. The van der Waals surface area contributed by atoms with E-state index >= 15 is 0 Å². The number of hydrogen-bond acceptors (Lipinski definition) is 0. The molecule has 0 radical (unpaired) electrons. The van der Waals surface area contributed by atoms with E-state index in [0.717, 1.165) is 0 Å². The zero-order valence-electron chi connectivity index (χ0n) is 34.6. The average molecular weight is 811 g/mol. The summed E-state index contributed by atoms with van der Waals surface area (Å²) in [7, 11) is -5.73. The summed E-state index contributed by atoms with van der Waals surface area (Å²) in [6.07, 6.45) is 0. The Morgan fingerprint density at radius 1 is 0.279 bits per heavy atom. The molecule has 61 heavy (non-hydrogen) atoms. The molecule has 11 rings (SSSR count). The monoisotopic (exact) mass is 810 g/mol. The number of fused-ring (bicyclic) bond motifs is 5. The summed E-state index contributed by atoms with van der Waals surface area (Å²) in [5.41, 5.74) is 5.23. The highest BCUT2D eigenvalue weighted by molar-refractivity contribution is 7.21. The Kier molecular flexibility index (Phi) is 8.96. The lowest BCUT2D eigenvalue weighted by molar-refractivity contribution is 0.661. The molecule has 0 aromatic heterocycles. The van der Waals surface area contributed by atoms with Gasteiger partial charge in [0, 0.05) is 5.41 Å². The van der Waals surface area contributed by atoms with Crippen LogP contribution >= 0.6 is 0 Å². The van der Waals surface area contributed by atoms with Crippen molar-refractivity contribution in [3.05, 3.63) is 254 Å². The van der Waals surface area contributed by atoms with Crippen LogP contribution in [-0.2, 0) is 5.41 Å². The van der Waals surface area contributed by atoms with Gasteiger partial charge >= 0.3 is 0 Å². The molecule has 0 heterocycles. The molecule has 0 saturated heterocycles. The Balaban J connectivity index is 1.17. The highest BCUT2D eigenvalue weighted by Crippen LogP contribution is 2.48. The molecule has 1 aliphatic carbocycles. The van der Waals surface area contributed by atoms with E-state index in [-0.39, 0.29) is 5.41 Å². The summed E-state index contributed by atoms with van der Waals surface area (Å²) in [6, 6.07) is 92.4. The fourth-order valence-electron chi connectivity index (χ4n) is 11.0. The standard InChI is InChI=1S/C59H46Si2/c1-59(2)55-41-49(60(45-25-7-3-8-26-45,46-27-9-4-10-28-46)57-35-19-23-43-21-15-17-33-51(43)57)37-39-53(55)54-40-38-50(42-56(54)59)61(47-29-11-5-12-30-47,48-31-13-6-14-32-48)58-36-20-24-44-22-16-18-34-52(44)58/h3-42H,1-2H3. The van der Waals surface area contributed by atoms with Crippen molar-refractivity contribution in [1.82, 2.24) is 0 Å². The van der Waals surface area contributed by atoms with Gasteiger partial charge in [-0.1, -0.05) is 257 Å². The van der Waals surface area contributed by atoms with Crippen LogP contribution < -0.4 is 41.5 Å². The summed E-state index contributed by atoms with van der Waals surface area (Å²) in [5.74, 6) is 0. The van der Waals surface area contributed by atoms with Gasteiger partial charge in [-0.25, -0.2) is 0 Å². The fourth-order valence-corrected chi connectivity index (χ4v) is 21.0. The zero-order valence-corrected chi connectivity index (χ0v) is 36.6. The lowest BCUT2D eigenvalue weighted by Crippen LogP contribution is -2.75. The lowest BCUT2D eigenvalue weighted by atomic mass is 9.82. The second-order valence-corrected chi connectivity index (χ2v) is 24.7. The van der Waals surface area contributed by atoms with E-state index in [9.17, 15) is 0 Å². The Morgan fingerprint density at radius 2 is 0.590 bits per heavy atom. The Hall–Kier alpha value is -6.85. The van der Waals surface area contributed by atoms with Gasteiger partial charge in [-0.3, -0.25) is 0 Å². The smallest absolute Gasteiger partial charge is 0.0623 e. The quantitative estimate of drug-likeness (QED) is 0.106. The first-order valence-corrected chi connectivity index (χ1v) is 25.5. The van der Waals surface area contributed by atoms with Crippen molar-refractivity contribution in [3.63, 3.8) is 0 Å². The van der Waals surface area contributed by atoms with Gasteiger partial charge in [-0.15, -0.1) is 0 Å². The van der Waals surface area contributed by atoms with Gasteiger partial charge in [0.1, 0.15) is 0 Å². The number of hydrogen-bond donors (Lipinski definition) is 0. The van der Waals surface area contributed by atoms with Gasteiger partial charge in [-0.05, 0) is 85.3 Å². The van der Waals surface area contributed by atoms with E-state index in [1.54, 1.807) is 0 Å². The third kappa shape index (κ3) is 5.63. The molecule has 0 unspecified atom stereocenters. The molecule has 1 aliphatic rings. The maximum absolute atomic E-state index is 2.87. The second-order valence-electron chi connectivity index (χ2n) is 17.2. The minimum atomic E-state index is -2.87. The van der Waals surface area contributed by atoms with Gasteiger partial charge in [0.25, 0.3) is 0 Å². The van der Waals surface area contributed by atoms with E-state index < -0.39 is 16.1 Å². The summed E-state index contributed by atoms with van der Waals surface area (Å²) in [4.78, 5) is 0. The molecule has 2 heteroatoms. The third-order valence-corrected chi connectivity index (χ3v) is 23.4. The molecule has 0 bridgehead atoms. The molecule has 290 valence electrons. The molecule has 0 aliphatic heterocycles. The first kappa shape index (κ1) is 37.2. The number of rotatable bonds is 8. The van der Waals surface area contributed by atoms with Crippen LogP contribution in [0.1, 0.15) is 25.0 Å². The van der Waals surface area contributed by atoms with Crippen LogP contribution in [0.3, 0.4) is 0 Å². The third-order valence-electron chi connectivity index (χ3n) is 13.8. The van der Waals surface area contributed by atoms with Crippen molar-refractivity contribution in [1.29, 1.82) is 0 Å². The normalized spacial score (nSPS) is 13.2. The van der Waals surface area contributed by atoms with E-state index in [1.807, 2.05) is 0 Å². The Morgan fingerprint density at radius 3 is 0.951 bits per heavy atom. The largest absolute Gasteiger partial charge is 0.180 e. The molecule has 0 nitrogen and oxygen atoms in total. The van der Waals surface area contributed by atoms with Crippen LogP contribution in [0.5, 0.6) is 0 Å². The summed E-state index contributed by atoms with van der Waals surface area (Å²) in [5, 5.41) is 16.5. The van der Waals surface area contributed by atoms with Gasteiger partial charge in [0.2, 0.25) is 0 Å². The molecular formula is C59H46Si2. The van der Waals surface area contributed by atoms with E-state index in [2.05, 4.69) is 257 Å². The van der Waals surface area contributed by atoms with E-state index in [0.29, 0.717) is 0 Å². The van der Waals surface area contributed by atoms with Gasteiger partial charge in [-0.2, -0.15) is 0 Å². The first-order valence-electron chi connectivity index (χ1n) is 21.5. The van der Waals surface area contributed by atoms with Crippen LogP contribution in [-0.4, -0.2) is 16.1 Å².